The lowest BCUT2D eigenvalue weighted by Crippen LogP contribution is -2.47. The molecule has 6 nitrogen and oxygen atoms in total. The van der Waals surface area contributed by atoms with E-state index in [0.29, 0.717) is 6.04 Å². The van der Waals surface area contributed by atoms with E-state index in [1.165, 1.54) is 27.6 Å². The first-order chi connectivity index (χ1) is 13.9. The van der Waals surface area contributed by atoms with E-state index in [2.05, 4.69) is 61.3 Å². The van der Waals surface area contributed by atoms with Gasteiger partial charge in [-0.25, -0.2) is 0 Å². The van der Waals surface area contributed by atoms with Crippen LogP contribution in [-0.4, -0.2) is 64.5 Å². The molecule has 0 spiro atoms. The number of fused-ring (bicyclic) bond motifs is 2. The number of carboxylic acid groups (broad SMARTS) is 1. The van der Waals surface area contributed by atoms with Crippen LogP contribution in [0.2, 0.25) is 0 Å². The van der Waals surface area contributed by atoms with Crippen molar-refractivity contribution in [3.63, 3.8) is 0 Å². The SMILES string of the molecule is CCC(=O)O.CCN(CC)C(=O)[C@@H]1C=C2c3cccc4[nH]cc(c34)C[C@H]2N(C)C1. The molecule has 2 aromatic rings. The summed E-state index contributed by atoms with van der Waals surface area (Å²) in [4.78, 5) is 29.9. The number of aliphatic carboxylic acids is 1. The minimum atomic E-state index is -0.745. The number of rotatable bonds is 4. The fraction of sp³-hybridized carbons (Fsp3) is 0.478. The van der Waals surface area contributed by atoms with Gasteiger partial charge in [0.15, 0.2) is 0 Å². The van der Waals surface area contributed by atoms with Crippen LogP contribution in [0.1, 0.15) is 38.3 Å². The summed E-state index contributed by atoms with van der Waals surface area (Å²) in [6.45, 7) is 8.07. The standard InChI is InChI=1S/C20H25N3O.C3H6O2/c1-4-23(5-2)20(24)14-9-16-15-7-6-8-17-19(15)13(11-21-17)10-18(16)22(3)12-14;1-2-3(4)5/h6-9,11,14,18,21H,4-5,10,12H2,1-3H3;2H2,1H3,(H,4,5)/t14-,18-;/m1./s1. The zero-order chi connectivity index (χ0) is 21.1. The Balaban J connectivity index is 0.000000431. The van der Waals surface area contributed by atoms with Crippen molar-refractivity contribution in [2.24, 2.45) is 5.92 Å². The first-order valence-corrected chi connectivity index (χ1v) is 10.4. The summed E-state index contributed by atoms with van der Waals surface area (Å²) in [6.07, 6.45) is 5.63. The van der Waals surface area contributed by atoms with E-state index in [9.17, 15) is 9.59 Å². The number of carbonyl (C=O) groups excluding carboxylic acids is 1. The van der Waals surface area contributed by atoms with Crippen LogP contribution in [-0.2, 0) is 16.0 Å². The van der Waals surface area contributed by atoms with Crippen molar-refractivity contribution in [2.45, 2.75) is 39.7 Å². The van der Waals surface area contributed by atoms with Gasteiger partial charge in [-0.05, 0) is 50.1 Å². The van der Waals surface area contributed by atoms with Gasteiger partial charge in [0.05, 0.1) is 5.92 Å². The quantitative estimate of drug-likeness (QED) is 0.829. The summed E-state index contributed by atoms with van der Waals surface area (Å²) in [5.74, 6) is -0.535. The summed E-state index contributed by atoms with van der Waals surface area (Å²) in [5.41, 5.74) is 5.21. The summed E-state index contributed by atoms with van der Waals surface area (Å²) in [7, 11) is 2.15. The zero-order valence-corrected chi connectivity index (χ0v) is 17.7. The molecular formula is C23H31N3O3. The second kappa shape index (κ2) is 8.82. The number of carbonyl (C=O) groups is 2. The average Bonchev–Trinajstić information content (AvgIpc) is 3.14. The van der Waals surface area contributed by atoms with E-state index in [4.69, 9.17) is 5.11 Å². The van der Waals surface area contributed by atoms with Gasteiger partial charge in [0.25, 0.3) is 0 Å². The molecule has 2 heterocycles. The molecule has 4 rings (SSSR count). The van der Waals surface area contributed by atoms with Gasteiger partial charge in [0.2, 0.25) is 5.91 Å². The summed E-state index contributed by atoms with van der Waals surface area (Å²) in [6, 6.07) is 6.82. The first-order valence-electron chi connectivity index (χ1n) is 10.4. The van der Waals surface area contributed by atoms with Crippen LogP contribution < -0.4 is 0 Å². The molecule has 1 aromatic carbocycles. The monoisotopic (exact) mass is 397 g/mol. The number of H-pyrrole nitrogens is 1. The Hall–Kier alpha value is -2.60. The van der Waals surface area contributed by atoms with E-state index in [-0.39, 0.29) is 18.2 Å². The van der Waals surface area contributed by atoms with Gasteiger partial charge in [-0.15, -0.1) is 0 Å². The van der Waals surface area contributed by atoms with E-state index < -0.39 is 5.97 Å². The molecule has 1 aromatic heterocycles. The number of carboxylic acids is 1. The molecule has 0 saturated heterocycles. The lowest BCUT2D eigenvalue weighted by molar-refractivity contribution is -0.136. The molecule has 1 aliphatic heterocycles. The summed E-state index contributed by atoms with van der Waals surface area (Å²) in [5, 5.41) is 9.06. The fourth-order valence-electron chi connectivity index (χ4n) is 4.38. The molecule has 6 heteroatoms. The molecule has 2 atom stereocenters. The van der Waals surface area contributed by atoms with Crippen molar-refractivity contribution in [1.82, 2.24) is 14.8 Å². The van der Waals surface area contributed by atoms with Gasteiger partial charge < -0.3 is 15.0 Å². The minimum absolute atomic E-state index is 0.0445. The second-order valence-corrected chi connectivity index (χ2v) is 7.69. The van der Waals surface area contributed by atoms with Crippen LogP contribution in [0, 0.1) is 5.92 Å². The lowest BCUT2D eigenvalue weighted by atomic mass is 9.79. The van der Waals surface area contributed by atoms with Crippen molar-refractivity contribution in [3.05, 3.63) is 41.6 Å². The number of aromatic amines is 1. The third-order valence-electron chi connectivity index (χ3n) is 5.96. The molecule has 2 aliphatic rings. The molecule has 0 unspecified atom stereocenters. The van der Waals surface area contributed by atoms with Gasteiger partial charge in [-0.3, -0.25) is 14.5 Å². The average molecular weight is 398 g/mol. The molecule has 1 aliphatic carbocycles. The molecule has 156 valence electrons. The molecule has 1 amide bonds. The van der Waals surface area contributed by atoms with Gasteiger partial charge in [0.1, 0.15) is 0 Å². The van der Waals surface area contributed by atoms with Crippen molar-refractivity contribution >= 4 is 28.4 Å². The van der Waals surface area contributed by atoms with E-state index in [1.54, 1.807) is 6.92 Å². The van der Waals surface area contributed by atoms with Crippen LogP contribution in [0.15, 0.2) is 30.5 Å². The van der Waals surface area contributed by atoms with Crippen LogP contribution in [0.3, 0.4) is 0 Å². The van der Waals surface area contributed by atoms with E-state index in [0.717, 1.165) is 26.1 Å². The van der Waals surface area contributed by atoms with Gasteiger partial charge in [-0.2, -0.15) is 0 Å². The third-order valence-corrected chi connectivity index (χ3v) is 5.96. The van der Waals surface area contributed by atoms with Crippen molar-refractivity contribution in [1.29, 1.82) is 0 Å². The molecule has 29 heavy (non-hydrogen) atoms. The molecule has 2 N–H and O–H groups in total. The van der Waals surface area contributed by atoms with E-state index >= 15 is 0 Å². The number of aromatic nitrogens is 1. The predicted octanol–water partition coefficient (Wildman–Crippen LogP) is 3.39. The van der Waals surface area contributed by atoms with Crippen LogP contribution in [0.5, 0.6) is 0 Å². The molecule has 0 fully saturated rings. The van der Waals surface area contributed by atoms with Crippen molar-refractivity contribution in [3.8, 4) is 0 Å². The van der Waals surface area contributed by atoms with Crippen molar-refractivity contribution in [2.75, 3.05) is 26.7 Å². The minimum Gasteiger partial charge on any atom is -0.481 e. The Morgan fingerprint density at radius 3 is 2.55 bits per heavy atom. The van der Waals surface area contributed by atoms with E-state index in [1.807, 2.05) is 4.90 Å². The topological polar surface area (TPSA) is 76.6 Å². The third kappa shape index (κ3) is 4.08. The maximum Gasteiger partial charge on any atom is 0.303 e. The highest BCUT2D eigenvalue weighted by molar-refractivity contribution is 5.99. The summed E-state index contributed by atoms with van der Waals surface area (Å²) < 4.78 is 0. The largest absolute Gasteiger partial charge is 0.481 e. The number of hydrogen-bond donors (Lipinski definition) is 2. The molecule has 0 bridgehead atoms. The number of nitrogens with zero attached hydrogens (tertiary/aromatic N) is 2. The second-order valence-electron chi connectivity index (χ2n) is 7.69. The van der Waals surface area contributed by atoms with Crippen LogP contribution >= 0.6 is 0 Å². The lowest BCUT2D eigenvalue weighted by Gasteiger charge is -2.40. The van der Waals surface area contributed by atoms with Crippen LogP contribution in [0.25, 0.3) is 16.5 Å². The zero-order valence-electron chi connectivity index (χ0n) is 17.7. The van der Waals surface area contributed by atoms with Crippen molar-refractivity contribution < 1.29 is 14.7 Å². The molecule has 0 radical (unpaired) electrons. The maximum absolute atomic E-state index is 12.9. The van der Waals surface area contributed by atoms with Gasteiger partial charge in [-0.1, -0.05) is 25.1 Å². The Bertz CT molecular complexity index is 927. The van der Waals surface area contributed by atoms with Crippen LogP contribution in [0.4, 0.5) is 0 Å². The Morgan fingerprint density at radius 2 is 1.93 bits per heavy atom. The highest BCUT2D eigenvalue weighted by Gasteiger charge is 2.36. The number of likely N-dealkylation sites (N-methyl/N-ethyl adjacent to an activating group) is 1. The first kappa shape index (κ1) is 21.1. The number of hydrogen-bond acceptors (Lipinski definition) is 3. The Labute approximate surface area is 172 Å². The normalized spacial score (nSPS) is 20.3. The Morgan fingerprint density at radius 1 is 1.24 bits per heavy atom. The molecular weight excluding hydrogens is 366 g/mol. The predicted molar refractivity (Wildman–Crippen MR) is 116 cm³/mol. The highest BCUT2D eigenvalue weighted by atomic mass is 16.4. The Kier molecular flexibility index (Phi) is 6.42. The number of amides is 1. The number of benzene rings is 1. The smallest absolute Gasteiger partial charge is 0.303 e. The van der Waals surface area contributed by atoms with Gasteiger partial charge in [0, 0.05) is 49.2 Å². The maximum atomic E-state index is 12.9. The number of nitrogens with one attached hydrogen (secondary N) is 1. The molecule has 0 saturated carbocycles. The van der Waals surface area contributed by atoms with Gasteiger partial charge >= 0.3 is 5.97 Å². The fourth-order valence-corrected chi connectivity index (χ4v) is 4.38. The highest BCUT2D eigenvalue weighted by Crippen LogP contribution is 2.40. The summed E-state index contributed by atoms with van der Waals surface area (Å²) >= 11 is 0.